The van der Waals surface area contributed by atoms with E-state index in [0.29, 0.717) is 0 Å². The van der Waals surface area contributed by atoms with Crippen LogP contribution in [0.15, 0.2) is 18.5 Å². The Morgan fingerprint density at radius 2 is 1.89 bits per heavy atom. The molecule has 0 N–H and O–H groups in total. The summed E-state index contributed by atoms with van der Waals surface area (Å²) in [6, 6.07) is 1.76. The molecule has 2 fully saturated rings. The third kappa shape index (κ3) is 2.09. The van der Waals surface area contributed by atoms with Crippen molar-refractivity contribution < 1.29 is 13.7 Å². The molecule has 1 aliphatic heterocycles. The van der Waals surface area contributed by atoms with E-state index in [0.717, 1.165) is 12.0 Å². The van der Waals surface area contributed by atoms with Gasteiger partial charge < -0.3 is 9.31 Å². The molecule has 1 aromatic heterocycles. The lowest BCUT2D eigenvalue weighted by atomic mass is 9.79. The van der Waals surface area contributed by atoms with E-state index in [1.54, 1.807) is 12.3 Å². The minimum Gasteiger partial charge on any atom is -0.403 e. The van der Waals surface area contributed by atoms with Crippen LogP contribution in [0.3, 0.4) is 0 Å². The molecule has 0 unspecified atom stereocenters. The molecule has 19 heavy (non-hydrogen) atoms. The van der Waals surface area contributed by atoms with Crippen molar-refractivity contribution in [2.45, 2.75) is 57.1 Å². The lowest BCUT2D eigenvalue weighted by Crippen LogP contribution is -2.41. The molecule has 5 heteroatoms. The second-order valence-corrected chi connectivity index (χ2v) is 6.53. The highest BCUT2D eigenvalue weighted by molar-refractivity contribution is 6.49. The van der Waals surface area contributed by atoms with Gasteiger partial charge in [-0.05, 0) is 51.7 Å². The Morgan fingerprint density at radius 1 is 1.26 bits per heavy atom. The molecular formula is C14H19BFNO2. The molecule has 2 heterocycles. The molecule has 2 atom stereocenters. The molecule has 1 saturated heterocycles. The lowest BCUT2D eigenvalue weighted by molar-refractivity contribution is 0.00578. The van der Waals surface area contributed by atoms with Crippen molar-refractivity contribution in [2.75, 3.05) is 0 Å². The first kappa shape index (κ1) is 13.1. The monoisotopic (exact) mass is 263 g/mol. The summed E-state index contributed by atoms with van der Waals surface area (Å²) in [6.07, 6.45) is 3.82. The summed E-state index contributed by atoms with van der Waals surface area (Å²) >= 11 is 0. The predicted octanol–water partition coefficient (Wildman–Crippen LogP) is 3.17. The highest BCUT2D eigenvalue weighted by Crippen LogP contribution is 2.58. The van der Waals surface area contributed by atoms with Crippen molar-refractivity contribution in [3.63, 3.8) is 0 Å². The molecule has 0 aromatic carbocycles. The van der Waals surface area contributed by atoms with Crippen LogP contribution in [0.5, 0.6) is 0 Å². The van der Waals surface area contributed by atoms with Crippen LogP contribution >= 0.6 is 0 Å². The van der Waals surface area contributed by atoms with Gasteiger partial charge in [-0.3, -0.25) is 4.98 Å². The van der Waals surface area contributed by atoms with Crippen molar-refractivity contribution in [3.8, 4) is 0 Å². The van der Waals surface area contributed by atoms with Crippen molar-refractivity contribution in [1.29, 1.82) is 0 Å². The summed E-state index contributed by atoms with van der Waals surface area (Å²) in [4.78, 5) is 3.79. The fraction of sp³-hybridized carbons (Fsp3) is 0.643. The molecule has 2 aliphatic rings. The highest BCUT2D eigenvalue weighted by atomic mass is 19.1. The van der Waals surface area contributed by atoms with Gasteiger partial charge in [0.05, 0.1) is 17.4 Å². The highest BCUT2D eigenvalue weighted by Gasteiger charge is 2.60. The van der Waals surface area contributed by atoms with E-state index in [9.17, 15) is 4.39 Å². The second kappa shape index (κ2) is 4.03. The summed E-state index contributed by atoms with van der Waals surface area (Å²) in [5.74, 6) is 0.210. The van der Waals surface area contributed by atoms with Gasteiger partial charge in [0, 0.05) is 12.0 Å². The zero-order valence-electron chi connectivity index (χ0n) is 11.8. The minimum absolute atomic E-state index is 0.192. The Bertz CT molecular complexity index is 490. The minimum atomic E-state index is -0.318. The Kier molecular flexibility index (Phi) is 2.77. The van der Waals surface area contributed by atoms with E-state index in [4.69, 9.17) is 9.31 Å². The summed E-state index contributed by atoms with van der Waals surface area (Å²) in [6.45, 7) is 8.16. The molecule has 1 aromatic rings. The third-order valence-corrected chi connectivity index (χ3v) is 4.66. The van der Waals surface area contributed by atoms with Crippen LogP contribution in [0.2, 0.25) is 5.82 Å². The van der Waals surface area contributed by atoms with Crippen molar-refractivity contribution in [2.24, 2.45) is 0 Å². The van der Waals surface area contributed by atoms with Crippen LogP contribution in [0.1, 0.15) is 45.6 Å². The van der Waals surface area contributed by atoms with Crippen LogP contribution in [-0.2, 0) is 9.31 Å². The topological polar surface area (TPSA) is 31.4 Å². The maximum atomic E-state index is 13.7. The van der Waals surface area contributed by atoms with Crippen LogP contribution in [0.4, 0.5) is 4.39 Å². The van der Waals surface area contributed by atoms with Gasteiger partial charge in [-0.25, -0.2) is 4.39 Å². The first-order valence-corrected chi connectivity index (χ1v) is 6.77. The van der Waals surface area contributed by atoms with E-state index >= 15 is 0 Å². The van der Waals surface area contributed by atoms with Gasteiger partial charge in [0.25, 0.3) is 0 Å². The molecule has 1 aliphatic carbocycles. The van der Waals surface area contributed by atoms with Crippen LogP contribution in [-0.4, -0.2) is 23.3 Å². The molecule has 0 spiro atoms. The number of aromatic nitrogens is 1. The zero-order valence-corrected chi connectivity index (χ0v) is 11.8. The normalized spacial score (nSPS) is 31.5. The Hall–Kier alpha value is -0.935. The number of rotatable bonds is 2. The predicted molar refractivity (Wildman–Crippen MR) is 71.4 cm³/mol. The van der Waals surface area contributed by atoms with E-state index in [-0.39, 0.29) is 35.9 Å². The largest absolute Gasteiger partial charge is 0.461 e. The fourth-order valence-electron chi connectivity index (χ4n) is 2.62. The number of pyridine rings is 1. The van der Waals surface area contributed by atoms with E-state index in [1.165, 1.54) is 6.20 Å². The summed E-state index contributed by atoms with van der Waals surface area (Å²) in [7, 11) is -0.234. The number of nitrogens with zero attached hydrogens (tertiary/aromatic N) is 1. The van der Waals surface area contributed by atoms with Crippen LogP contribution < -0.4 is 0 Å². The Morgan fingerprint density at radius 3 is 2.47 bits per heavy atom. The van der Waals surface area contributed by atoms with E-state index < -0.39 is 0 Å². The molecule has 3 nitrogen and oxygen atoms in total. The summed E-state index contributed by atoms with van der Waals surface area (Å²) in [5, 5.41) is 0. The van der Waals surface area contributed by atoms with Crippen molar-refractivity contribution in [1.82, 2.24) is 4.98 Å². The second-order valence-electron chi connectivity index (χ2n) is 6.53. The third-order valence-electron chi connectivity index (χ3n) is 4.66. The molecule has 102 valence electrons. The van der Waals surface area contributed by atoms with Crippen molar-refractivity contribution >= 4 is 7.12 Å². The molecule has 3 rings (SSSR count). The van der Waals surface area contributed by atoms with E-state index in [2.05, 4.69) is 4.98 Å². The SMILES string of the molecule is CC1(C)OB([C@H]2C[C@@H]2c2ccncc2F)OC1(C)C. The molecule has 1 saturated carbocycles. The maximum Gasteiger partial charge on any atom is 0.461 e. The van der Waals surface area contributed by atoms with E-state index in [1.807, 2.05) is 27.7 Å². The molecule has 0 amide bonds. The van der Waals surface area contributed by atoms with Crippen LogP contribution in [0, 0.1) is 5.82 Å². The first-order valence-electron chi connectivity index (χ1n) is 6.77. The van der Waals surface area contributed by atoms with Gasteiger partial charge in [0.2, 0.25) is 0 Å². The summed E-state index contributed by atoms with van der Waals surface area (Å²) < 4.78 is 25.7. The van der Waals surface area contributed by atoms with Gasteiger partial charge in [-0.1, -0.05) is 0 Å². The van der Waals surface area contributed by atoms with Gasteiger partial charge >= 0.3 is 7.12 Å². The smallest absolute Gasteiger partial charge is 0.403 e. The van der Waals surface area contributed by atoms with Crippen LogP contribution in [0.25, 0.3) is 0 Å². The Labute approximate surface area is 113 Å². The van der Waals surface area contributed by atoms with Gasteiger partial charge in [-0.2, -0.15) is 0 Å². The average molecular weight is 263 g/mol. The van der Waals surface area contributed by atoms with Gasteiger partial charge in [0.15, 0.2) is 0 Å². The maximum absolute atomic E-state index is 13.7. The van der Waals surface area contributed by atoms with Gasteiger partial charge in [-0.15, -0.1) is 0 Å². The van der Waals surface area contributed by atoms with Crippen molar-refractivity contribution in [3.05, 3.63) is 29.8 Å². The fourth-order valence-corrected chi connectivity index (χ4v) is 2.62. The Balaban J connectivity index is 1.74. The lowest BCUT2D eigenvalue weighted by Gasteiger charge is -2.32. The first-order chi connectivity index (χ1) is 8.82. The van der Waals surface area contributed by atoms with Gasteiger partial charge in [0.1, 0.15) is 5.82 Å². The molecule has 0 bridgehead atoms. The average Bonchev–Trinajstić information content (AvgIpc) is 3.03. The standard InChI is InChI=1S/C14H19BFNO2/c1-13(2)14(3,4)19-15(18-13)11-7-10(11)9-5-6-17-8-12(9)16/h5-6,8,10-11H,7H2,1-4H3/t10-,11+/m1/s1. The quantitative estimate of drug-likeness (QED) is 0.768. The number of hydrogen-bond donors (Lipinski definition) is 0. The number of hydrogen-bond acceptors (Lipinski definition) is 3. The summed E-state index contributed by atoms with van der Waals surface area (Å²) in [5.41, 5.74) is 0.0955. The molecular weight excluding hydrogens is 244 g/mol. The molecule has 0 radical (unpaired) electrons. The number of halogens is 1. The zero-order chi connectivity index (χ0) is 13.8.